The summed E-state index contributed by atoms with van der Waals surface area (Å²) >= 11 is 0. The summed E-state index contributed by atoms with van der Waals surface area (Å²) in [7, 11) is 0. The molecule has 254 valence electrons. The maximum atomic E-state index is 14.4. The van der Waals surface area contributed by atoms with E-state index in [0.717, 1.165) is 0 Å². The first kappa shape index (κ1) is 32.2. The Labute approximate surface area is 269 Å². The van der Waals surface area contributed by atoms with Gasteiger partial charge < -0.3 is 34.3 Å². The van der Waals surface area contributed by atoms with E-state index in [1.807, 2.05) is 26.8 Å². The number of aliphatic hydroxyl groups is 3. The minimum absolute atomic E-state index is 0.00325. The molecule has 0 amide bonds. The van der Waals surface area contributed by atoms with Crippen molar-refractivity contribution < 1.29 is 53.4 Å². The van der Waals surface area contributed by atoms with Crippen LogP contribution in [0.2, 0.25) is 0 Å². The molecule has 0 aromatic rings. The number of hydrogen-bond donors (Lipinski definition) is 3. The highest BCUT2D eigenvalue weighted by atomic mass is 16.6. The van der Waals surface area contributed by atoms with Crippen molar-refractivity contribution in [2.24, 2.45) is 63.6 Å². The molecule has 0 radical (unpaired) electrons. The summed E-state index contributed by atoms with van der Waals surface area (Å²) in [6.45, 7) is 13.5. The molecule has 11 nitrogen and oxygen atoms in total. The number of carbonyl (C=O) groups excluding carboxylic acids is 4. The molecule has 7 rings (SSSR count). The quantitative estimate of drug-likeness (QED) is 0.302. The molecule has 6 fully saturated rings. The summed E-state index contributed by atoms with van der Waals surface area (Å²) in [5, 5.41) is 36.5. The number of rotatable bonds is 4. The molecule has 7 aliphatic rings. The van der Waals surface area contributed by atoms with E-state index in [2.05, 4.69) is 0 Å². The van der Waals surface area contributed by atoms with Gasteiger partial charge in [0, 0.05) is 36.0 Å². The zero-order valence-corrected chi connectivity index (χ0v) is 27.9. The molecular weight excluding hydrogens is 596 g/mol. The molecule has 11 heteroatoms. The van der Waals surface area contributed by atoms with Crippen LogP contribution in [0.4, 0.5) is 0 Å². The Morgan fingerprint density at radius 1 is 1.02 bits per heavy atom. The van der Waals surface area contributed by atoms with E-state index in [1.54, 1.807) is 20.8 Å². The van der Waals surface area contributed by atoms with E-state index in [9.17, 15) is 34.5 Å². The molecule has 2 heterocycles. The Hall–Kier alpha value is -2.34. The number of epoxide rings is 1. The van der Waals surface area contributed by atoms with E-state index in [4.69, 9.17) is 18.9 Å². The minimum atomic E-state index is -1.52. The van der Waals surface area contributed by atoms with Crippen molar-refractivity contribution >= 4 is 23.5 Å². The third-order valence-electron chi connectivity index (χ3n) is 14.1. The van der Waals surface area contributed by atoms with Gasteiger partial charge in [-0.1, -0.05) is 27.7 Å². The second-order valence-corrected chi connectivity index (χ2v) is 16.4. The van der Waals surface area contributed by atoms with Gasteiger partial charge in [0.15, 0.2) is 5.78 Å². The lowest BCUT2D eigenvalue weighted by atomic mass is 9.41. The van der Waals surface area contributed by atoms with Crippen molar-refractivity contribution in [1.29, 1.82) is 0 Å². The summed E-state index contributed by atoms with van der Waals surface area (Å²) < 4.78 is 24.4. The predicted molar refractivity (Wildman–Crippen MR) is 159 cm³/mol. The second-order valence-electron chi connectivity index (χ2n) is 16.4. The van der Waals surface area contributed by atoms with Crippen LogP contribution in [0.3, 0.4) is 0 Å². The molecule has 5 aliphatic carbocycles. The maximum absolute atomic E-state index is 14.4. The molecule has 0 bridgehead atoms. The molecule has 2 saturated heterocycles. The number of aliphatic hydroxyl groups excluding tert-OH is 2. The van der Waals surface area contributed by atoms with Crippen LogP contribution in [0.1, 0.15) is 68.2 Å². The number of Topliss-reactive ketones (excluding diaryl/α,β-unsaturated/α-hetero) is 2. The normalized spacial score (nSPS) is 54.6. The Morgan fingerprint density at radius 2 is 1.70 bits per heavy atom. The average Bonchev–Trinajstić information content (AvgIpc) is 3.61. The van der Waals surface area contributed by atoms with Crippen LogP contribution < -0.4 is 0 Å². The monoisotopic (exact) mass is 644 g/mol. The van der Waals surface area contributed by atoms with Gasteiger partial charge in [-0.05, 0) is 57.4 Å². The Bertz CT molecular complexity index is 1420. The van der Waals surface area contributed by atoms with Crippen LogP contribution >= 0.6 is 0 Å². The Balaban J connectivity index is 1.45. The lowest BCUT2D eigenvalue weighted by Gasteiger charge is -2.63. The van der Waals surface area contributed by atoms with E-state index in [1.165, 1.54) is 13.8 Å². The first-order valence-corrected chi connectivity index (χ1v) is 16.9. The minimum Gasteiger partial charge on any atom is -0.495 e. The van der Waals surface area contributed by atoms with Gasteiger partial charge in [-0.2, -0.15) is 0 Å². The average molecular weight is 645 g/mol. The maximum Gasteiger partial charge on any atom is 0.308 e. The van der Waals surface area contributed by atoms with E-state index >= 15 is 0 Å². The van der Waals surface area contributed by atoms with Crippen LogP contribution in [0, 0.1) is 63.6 Å². The van der Waals surface area contributed by atoms with Gasteiger partial charge in [0.1, 0.15) is 48.2 Å². The molecule has 17 atom stereocenters. The van der Waals surface area contributed by atoms with Crippen molar-refractivity contribution in [2.75, 3.05) is 6.61 Å². The van der Waals surface area contributed by atoms with Gasteiger partial charge >= 0.3 is 11.9 Å². The smallest absolute Gasteiger partial charge is 0.308 e. The highest BCUT2D eigenvalue weighted by molar-refractivity contribution is 5.90. The molecule has 0 aromatic heterocycles. The largest absolute Gasteiger partial charge is 0.495 e. The first-order valence-electron chi connectivity index (χ1n) is 16.9. The van der Waals surface area contributed by atoms with Crippen molar-refractivity contribution in [1.82, 2.24) is 0 Å². The first-order chi connectivity index (χ1) is 21.4. The van der Waals surface area contributed by atoms with Gasteiger partial charge in [0.2, 0.25) is 0 Å². The van der Waals surface area contributed by atoms with E-state index in [0.29, 0.717) is 12.2 Å². The topological polar surface area (TPSA) is 169 Å². The number of esters is 2. The number of ketones is 2. The predicted octanol–water partition coefficient (Wildman–Crippen LogP) is 1.98. The highest BCUT2D eigenvalue weighted by Gasteiger charge is 2.82. The van der Waals surface area contributed by atoms with Crippen molar-refractivity contribution in [2.45, 2.75) is 110 Å². The highest BCUT2D eigenvalue weighted by Crippen LogP contribution is 2.75. The summed E-state index contributed by atoms with van der Waals surface area (Å²) in [5.74, 6) is -6.49. The number of fused-ring (bicyclic) bond motifs is 10. The van der Waals surface area contributed by atoms with Crippen LogP contribution in [0.15, 0.2) is 11.8 Å². The molecular formula is C35H48O11. The lowest BCUT2D eigenvalue weighted by molar-refractivity contribution is -0.231. The lowest BCUT2D eigenvalue weighted by Crippen LogP contribution is -2.71. The van der Waals surface area contributed by atoms with Gasteiger partial charge in [0.25, 0.3) is 0 Å². The van der Waals surface area contributed by atoms with Crippen molar-refractivity contribution in [3.05, 3.63) is 11.8 Å². The molecule has 3 N–H and O–H groups in total. The summed E-state index contributed by atoms with van der Waals surface area (Å²) in [6.07, 6.45) is -2.99. The van der Waals surface area contributed by atoms with Gasteiger partial charge in [-0.15, -0.1) is 0 Å². The second kappa shape index (κ2) is 9.86. The Morgan fingerprint density at radius 3 is 2.30 bits per heavy atom. The molecule has 4 saturated carbocycles. The number of hydrogen-bond acceptors (Lipinski definition) is 11. The van der Waals surface area contributed by atoms with Crippen molar-refractivity contribution in [3.63, 3.8) is 0 Å². The molecule has 0 aromatic carbocycles. The van der Waals surface area contributed by atoms with Crippen molar-refractivity contribution in [3.8, 4) is 0 Å². The summed E-state index contributed by atoms with van der Waals surface area (Å²) in [4.78, 5) is 54.7. The van der Waals surface area contributed by atoms with Crippen LogP contribution in [-0.2, 0) is 38.1 Å². The van der Waals surface area contributed by atoms with Crippen LogP contribution in [-0.4, -0.2) is 87.7 Å². The van der Waals surface area contributed by atoms with Gasteiger partial charge in [-0.25, -0.2) is 0 Å². The number of carbonyl (C=O) groups is 4. The zero-order valence-electron chi connectivity index (χ0n) is 27.9. The summed E-state index contributed by atoms with van der Waals surface area (Å²) in [5.41, 5.74) is -5.07. The fourth-order valence-electron chi connectivity index (χ4n) is 11.9. The molecule has 0 unspecified atom stereocenters. The third kappa shape index (κ3) is 3.69. The zero-order chi connectivity index (χ0) is 33.6. The van der Waals surface area contributed by atoms with Crippen LogP contribution in [0.5, 0.6) is 0 Å². The van der Waals surface area contributed by atoms with Gasteiger partial charge in [-0.3, -0.25) is 19.2 Å². The molecule has 46 heavy (non-hydrogen) atoms. The third-order valence-corrected chi connectivity index (χ3v) is 14.1. The molecule has 0 spiro atoms. The molecule has 2 aliphatic heterocycles. The fraction of sp³-hybridized carbons (Fsp3) is 0.829. The number of allylic oxidation sites excluding steroid dienone is 1. The standard InChI is InChI=1S/C35H48O11/c1-13(2)31(41)46-30-28-19(45-28)10-18-26(39)27(40)22-17(33(18,30)7)11-20(38)35(15(4)36)23-14(3)9-21-34(8,32(6,42)12-43-21)25(23)29(24(22)35)44-16(5)37/h9,13-14,17-20,22-25,27-30,38,40,42H,10-12H2,1-8H3/t14-,17+,18-,19+,20+,22-,23+,24-,25+,27-,28+,29-,30+,32-,33-,34+,35-/m1/s1. The van der Waals surface area contributed by atoms with Gasteiger partial charge in [0.05, 0.1) is 29.0 Å². The van der Waals surface area contributed by atoms with E-state index < -0.39 is 112 Å². The fourth-order valence-corrected chi connectivity index (χ4v) is 11.9. The van der Waals surface area contributed by atoms with E-state index in [-0.39, 0.29) is 30.8 Å². The number of ether oxygens (including phenoxy) is 4. The van der Waals surface area contributed by atoms with Crippen LogP contribution in [0.25, 0.3) is 0 Å². The summed E-state index contributed by atoms with van der Waals surface area (Å²) in [6, 6.07) is 0. The SMILES string of the molecule is CC(=O)O[C@@H]1[C@H]2[C@@H]3[C@@H](O)C(=O)[C@H]4C[C@@H]5O[C@@H]5[C@H](OC(=O)C(C)C)[C@]4(C)[C@H]3C[C@H](O)[C@]2(C(C)=O)[C@@H]2[C@@H]1[C@]1(C)C(=C[C@H]2C)OC[C@@]1(C)O. The Kier molecular flexibility index (Phi) is 6.91.